The number of carbonyl (C=O) groups excluding carboxylic acids is 1. The Balaban J connectivity index is 1.79. The third-order valence-electron chi connectivity index (χ3n) is 4.78. The molecule has 0 heterocycles. The van der Waals surface area contributed by atoms with E-state index in [2.05, 4.69) is 0 Å². The van der Waals surface area contributed by atoms with Crippen molar-refractivity contribution >= 4 is 5.91 Å². The molecule has 104 valence electrons. The van der Waals surface area contributed by atoms with Crippen molar-refractivity contribution in [3.8, 4) is 0 Å². The first-order chi connectivity index (χ1) is 8.54. The zero-order valence-electron chi connectivity index (χ0n) is 11.4. The maximum atomic E-state index is 12.3. The molecule has 2 fully saturated rings. The highest BCUT2D eigenvalue weighted by Crippen LogP contribution is 2.32. The van der Waals surface area contributed by atoms with Gasteiger partial charge in [-0.05, 0) is 44.4 Å². The summed E-state index contributed by atoms with van der Waals surface area (Å²) in [4.78, 5) is 14.2. The van der Waals surface area contributed by atoms with Crippen LogP contribution in [0.2, 0.25) is 0 Å². The SMILES string of the molecule is CN(CC1CCC1)C(=O)C1CCC(N)(CO)CC1. The summed E-state index contributed by atoms with van der Waals surface area (Å²) in [5, 5.41) is 9.22. The fraction of sp³-hybridized carbons (Fsp3) is 0.929. The van der Waals surface area contributed by atoms with Crippen molar-refractivity contribution in [2.75, 3.05) is 20.2 Å². The van der Waals surface area contributed by atoms with Gasteiger partial charge in [0.2, 0.25) is 5.91 Å². The van der Waals surface area contributed by atoms with Crippen LogP contribution < -0.4 is 5.73 Å². The molecular weight excluding hydrogens is 228 g/mol. The minimum absolute atomic E-state index is 0.0336. The van der Waals surface area contributed by atoms with E-state index in [1.165, 1.54) is 19.3 Å². The summed E-state index contributed by atoms with van der Waals surface area (Å²) < 4.78 is 0. The Kier molecular flexibility index (Phi) is 4.28. The standard InChI is InChI=1S/C14H26N2O2/c1-16(9-11-3-2-4-11)13(18)12-5-7-14(15,10-17)8-6-12/h11-12,17H,2-10,15H2,1H3. The van der Waals surface area contributed by atoms with Crippen LogP contribution in [0.3, 0.4) is 0 Å². The highest BCUT2D eigenvalue weighted by Gasteiger charge is 2.35. The summed E-state index contributed by atoms with van der Waals surface area (Å²) in [6.07, 6.45) is 7.05. The molecule has 2 aliphatic carbocycles. The predicted octanol–water partition coefficient (Wildman–Crippen LogP) is 1.12. The number of hydrogen-bond donors (Lipinski definition) is 2. The molecule has 18 heavy (non-hydrogen) atoms. The molecule has 0 bridgehead atoms. The van der Waals surface area contributed by atoms with Crippen molar-refractivity contribution in [1.82, 2.24) is 4.90 Å². The Labute approximate surface area is 110 Å². The van der Waals surface area contributed by atoms with Gasteiger partial charge in [0.1, 0.15) is 0 Å². The van der Waals surface area contributed by atoms with Crippen LogP contribution in [0, 0.1) is 11.8 Å². The van der Waals surface area contributed by atoms with Crippen molar-refractivity contribution < 1.29 is 9.90 Å². The summed E-state index contributed by atoms with van der Waals surface area (Å²) in [5.74, 6) is 1.13. The second kappa shape index (κ2) is 5.57. The zero-order valence-corrected chi connectivity index (χ0v) is 11.4. The maximum absolute atomic E-state index is 12.3. The van der Waals surface area contributed by atoms with E-state index in [4.69, 9.17) is 5.73 Å². The molecule has 0 aliphatic heterocycles. The first kappa shape index (κ1) is 13.8. The number of hydrogen-bond acceptors (Lipinski definition) is 3. The van der Waals surface area contributed by atoms with Gasteiger partial charge < -0.3 is 15.7 Å². The molecule has 0 spiro atoms. The Hall–Kier alpha value is -0.610. The van der Waals surface area contributed by atoms with E-state index in [1.54, 1.807) is 0 Å². The van der Waals surface area contributed by atoms with Crippen LogP contribution in [0.5, 0.6) is 0 Å². The van der Waals surface area contributed by atoms with Crippen LogP contribution in [0.1, 0.15) is 44.9 Å². The molecule has 2 saturated carbocycles. The van der Waals surface area contributed by atoms with Crippen molar-refractivity contribution in [3.05, 3.63) is 0 Å². The average molecular weight is 254 g/mol. The zero-order chi connectivity index (χ0) is 13.2. The lowest BCUT2D eigenvalue weighted by Gasteiger charge is -2.37. The minimum Gasteiger partial charge on any atom is -0.394 e. The van der Waals surface area contributed by atoms with Crippen LogP contribution in [-0.2, 0) is 4.79 Å². The fourth-order valence-electron chi connectivity index (χ4n) is 3.06. The fourth-order valence-corrected chi connectivity index (χ4v) is 3.06. The van der Waals surface area contributed by atoms with E-state index >= 15 is 0 Å². The number of rotatable bonds is 4. The van der Waals surface area contributed by atoms with Crippen molar-refractivity contribution in [3.63, 3.8) is 0 Å². The van der Waals surface area contributed by atoms with E-state index in [0.717, 1.165) is 38.1 Å². The van der Waals surface area contributed by atoms with E-state index in [1.807, 2.05) is 11.9 Å². The average Bonchev–Trinajstić information content (AvgIpc) is 2.33. The van der Waals surface area contributed by atoms with Gasteiger partial charge in [-0.25, -0.2) is 0 Å². The van der Waals surface area contributed by atoms with E-state index < -0.39 is 5.54 Å². The molecule has 1 amide bonds. The molecule has 4 nitrogen and oxygen atoms in total. The molecule has 0 saturated heterocycles. The molecule has 0 atom stereocenters. The summed E-state index contributed by atoms with van der Waals surface area (Å²) in [6.45, 7) is 0.953. The molecule has 0 aromatic rings. The van der Waals surface area contributed by atoms with Crippen LogP contribution in [0.25, 0.3) is 0 Å². The quantitative estimate of drug-likeness (QED) is 0.790. The Morgan fingerprint density at radius 3 is 2.39 bits per heavy atom. The van der Waals surface area contributed by atoms with Crippen LogP contribution in [-0.4, -0.2) is 41.7 Å². The normalized spacial score (nSPS) is 32.9. The minimum atomic E-state index is -0.441. The lowest BCUT2D eigenvalue weighted by molar-refractivity contribution is -0.136. The van der Waals surface area contributed by atoms with Gasteiger partial charge in [-0.15, -0.1) is 0 Å². The van der Waals surface area contributed by atoms with Gasteiger partial charge in [0.05, 0.1) is 6.61 Å². The lowest BCUT2D eigenvalue weighted by atomic mass is 9.77. The first-order valence-corrected chi connectivity index (χ1v) is 7.19. The number of nitrogens with two attached hydrogens (primary N) is 1. The summed E-state index contributed by atoms with van der Waals surface area (Å²) in [6, 6.07) is 0. The number of aliphatic hydroxyl groups excluding tert-OH is 1. The third kappa shape index (κ3) is 3.04. The van der Waals surface area contributed by atoms with E-state index in [-0.39, 0.29) is 18.4 Å². The predicted molar refractivity (Wildman–Crippen MR) is 70.9 cm³/mol. The Morgan fingerprint density at radius 1 is 1.33 bits per heavy atom. The molecule has 2 aliphatic rings. The summed E-state index contributed by atoms with van der Waals surface area (Å²) >= 11 is 0. The highest BCUT2D eigenvalue weighted by molar-refractivity contribution is 5.78. The number of nitrogens with zero attached hydrogens (tertiary/aromatic N) is 1. The lowest BCUT2D eigenvalue weighted by Crippen LogP contribution is -2.49. The van der Waals surface area contributed by atoms with Crippen LogP contribution >= 0.6 is 0 Å². The number of carbonyl (C=O) groups is 1. The molecule has 0 aromatic carbocycles. The van der Waals surface area contributed by atoms with Gasteiger partial charge in [0, 0.05) is 25.0 Å². The molecule has 0 aromatic heterocycles. The van der Waals surface area contributed by atoms with Crippen molar-refractivity contribution in [2.45, 2.75) is 50.5 Å². The van der Waals surface area contributed by atoms with Crippen molar-refractivity contribution in [1.29, 1.82) is 0 Å². The van der Waals surface area contributed by atoms with E-state index in [9.17, 15) is 9.90 Å². The molecule has 4 heteroatoms. The molecule has 0 radical (unpaired) electrons. The number of aliphatic hydroxyl groups is 1. The third-order valence-corrected chi connectivity index (χ3v) is 4.78. The smallest absolute Gasteiger partial charge is 0.225 e. The largest absolute Gasteiger partial charge is 0.394 e. The van der Waals surface area contributed by atoms with E-state index in [0.29, 0.717) is 0 Å². The molecular formula is C14H26N2O2. The second-order valence-corrected chi connectivity index (χ2v) is 6.31. The summed E-state index contributed by atoms with van der Waals surface area (Å²) in [7, 11) is 1.93. The first-order valence-electron chi connectivity index (χ1n) is 7.19. The van der Waals surface area contributed by atoms with Crippen molar-refractivity contribution in [2.24, 2.45) is 17.6 Å². The summed E-state index contributed by atoms with van der Waals surface area (Å²) in [5.41, 5.74) is 5.59. The second-order valence-electron chi connectivity index (χ2n) is 6.31. The monoisotopic (exact) mass is 254 g/mol. The van der Waals surface area contributed by atoms with Crippen LogP contribution in [0.4, 0.5) is 0 Å². The molecule has 3 N–H and O–H groups in total. The van der Waals surface area contributed by atoms with Gasteiger partial charge in [-0.3, -0.25) is 4.79 Å². The van der Waals surface area contributed by atoms with Crippen LogP contribution in [0.15, 0.2) is 0 Å². The van der Waals surface area contributed by atoms with Gasteiger partial charge in [0.25, 0.3) is 0 Å². The highest BCUT2D eigenvalue weighted by atomic mass is 16.3. The maximum Gasteiger partial charge on any atom is 0.225 e. The van der Waals surface area contributed by atoms with Gasteiger partial charge >= 0.3 is 0 Å². The van der Waals surface area contributed by atoms with Gasteiger partial charge in [-0.1, -0.05) is 6.42 Å². The van der Waals surface area contributed by atoms with Gasteiger partial charge in [-0.2, -0.15) is 0 Å². The molecule has 0 unspecified atom stereocenters. The number of amides is 1. The van der Waals surface area contributed by atoms with Gasteiger partial charge in [0.15, 0.2) is 0 Å². The Morgan fingerprint density at radius 2 is 1.94 bits per heavy atom. The topological polar surface area (TPSA) is 66.6 Å². The molecule has 2 rings (SSSR count). The Bertz CT molecular complexity index is 294.